The van der Waals surface area contributed by atoms with Crippen LogP contribution >= 0.6 is 11.6 Å². The van der Waals surface area contributed by atoms with Crippen LogP contribution in [0.1, 0.15) is 38.2 Å². The van der Waals surface area contributed by atoms with E-state index in [1.54, 1.807) is 13.0 Å². The van der Waals surface area contributed by atoms with Gasteiger partial charge in [0.05, 0.1) is 0 Å². The quantitative estimate of drug-likeness (QED) is 0.878. The number of nitrogens with one attached hydrogen (secondary N) is 1. The summed E-state index contributed by atoms with van der Waals surface area (Å²) in [6.07, 6.45) is 3.25. The minimum Gasteiger partial charge on any atom is -0.480 e. The molecule has 21 heavy (non-hydrogen) atoms. The van der Waals surface area contributed by atoms with Gasteiger partial charge in [0.25, 0.3) is 0 Å². The molecule has 1 aromatic rings. The molecular weight excluding hydrogens is 290 g/mol. The molecule has 1 unspecified atom stereocenters. The molecule has 1 atom stereocenters. The Morgan fingerprint density at radius 1 is 1.38 bits per heavy atom. The van der Waals surface area contributed by atoms with Gasteiger partial charge in [-0.1, -0.05) is 43.5 Å². The molecule has 0 aromatic heterocycles. The van der Waals surface area contributed by atoms with E-state index < -0.39 is 11.5 Å². The Kier molecular flexibility index (Phi) is 4.88. The van der Waals surface area contributed by atoms with Gasteiger partial charge < -0.3 is 10.4 Å². The Labute approximate surface area is 129 Å². The zero-order valence-electron chi connectivity index (χ0n) is 12.1. The third-order valence-corrected chi connectivity index (χ3v) is 4.34. The second kappa shape index (κ2) is 6.48. The van der Waals surface area contributed by atoms with Crippen LogP contribution in [0.5, 0.6) is 0 Å². The van der Waals surface area contributed by atoms with E-state index in [1.165, 1.54) is 0 Å². The van der Waals surface area contributed by atoms with Crippen molar-refractivity contribution < 1.29 is 14.7 Å². The molecule has 0 heterocycles. The first-order chi connectivity index (χ1) is 9.93. The van der Waals surface area contributed by atoms with Gasteiger partial charge in [-0.3, -0.25) is 4.79 Å². The van der Waals surface area contributed by atoms with Crippen LogP contribution in [0.2, 0.25) is 5.02 Å². The van der Waals surface area contributed by atoms with Gasteiger partial charge in [0.1, 0.15) is 5.54 Å². The fourth-order valence-corrected chi connectivity index (χ4v) is 3.05. The summed E-state index contributed by atoms with van der Waals surface area (Å²) >= 11 is 5.93. The molecule has 2 rings (SSSR count). The predicted octanol–water partition coefficient (Wildman–Crippen LogP) is 3.03. The molecule has 1 amide bonds. The highest BCUT2D eigenvalue weighted by Gasteiger charge is 2.43. The van der Waals surface area contributed by atoms with Crippen molar-refractivity contribution in [3.8, 4) is 0 Å². The van der Waals surface area contributed by atoms with Crippen molar-refractivity contribution in [2.75, 3.05) is 0 Å². The maximum Gasteiger partial charge on any atom is 0.329 e. The molecule has 1 fully saturated rings. The monoisotopic (exact) mass is 309 g/mol. The molecular formula is C16H20ClNO3. The number of halogens is 1. The first kappa shape index (κ1) is 15.8. The highest BCUT2D eigenvalue weighted by Crippen LogP contribution is 2.30. The van der Waals surface area contributed by atoms with Crippen molar-refractivity contribution in [3.63, 3.8) is 0 Å². The number of carboxylic acid groups (broad SMARTS) is 1. The zero-order chi connectivity index (χ0) is 15.5. The van der Waals surface area contributed by atoms with Crippen molar-refractivity contribution in [1.82, 2.24) is 5.32 Å². The maximum atomic E-state index is 12.3. The average Bonchev–Trinajstić information content (AvgIpc) is 2.88. The second-order valence-corrected chi connectivity index (χ2v) is 6.26. The molecule has 0 radical (unpaired) electrons. The first-order valence-corrected chi connectivity index (χ1v) is 7.61. The van der Waals surface area contributed by atoms with Crippen molar-refractivity contribution in [2.24, 2.45) is 5.92 Å². The van der Waals surface area contributed by atoms with Crippen molar-refractivity contribution >= 4 is 23.5 Å². The van der Waals surface area contributed by atoms with E-state index in [4.69, 9.17) is 11.6 Å². The minimum absolute atomic E-state index is 0.209. The fourth-order valence-electron chi connectivity index (χ4n) is 2.84. The molecule has 1 saturated carbocycles. The number of aliphatic carboxylic acids is 1. The van der Waals surface area contributed by atoms with E-state index in [1.807, 2.05) is 18.2 Å². The molecule has 0 aliphatic heterocycles. The third kappa shape index (κ3) is 3.76. The molecule has 0 saturated heterocycles. The predicted molar refractivity (Wildman–Crippen MR) is 81.3 cm³/mol. The highest BCUT2D eigenvalue weighted by atomic mass is 35.5. The Morgan fingerprint density at radius 2 is 2.05 bits per heavy atom. The van der Waals surface area contributed by atoms with Crippen molar-refractivity contribution in [1.29, 1.82) is 0 Å². The Hall–Kier alpha value is -1.55. The number of carbonyl (C=O) groups excluding carboxylic acids is 1. The molecule has 2 N–H and O–H groups in total. The molecule has 1 aromatic carbocycles. The van der Waals surface area contributed by atoms with Gasteiger partial charge in [0, 0.05) is 10.9 Å². The van der Waals surface area contributed by atoms with E-state index >= 15 is 0 Å². The number of rotatable bonds is 5. The van der Waals surface area contributed by atoms with Gasteiger partial charge in [-0.15, -0.1) is 0 Å². The summed E-state index contributed by atoms with van der Waals surface area (Å²) < 4.78 is 0. The summed E-state index contributed by atoms with van der Waals surface area (Å²) in [5.74, 6) is -1.43. The standard InChI is InChI=1S/C16H20ClNO3/c1-11(9-12-5-4-6-13(17)10-12)14(19)18-16(15(20)21)7-2-3-8-16/h4-6,10-11H,2-3,7-9H2,1H3,(H,18,19)(H,20,21). The molecule has 5 heteroatoms. The SMILES string of the molecule is CC(Cc1cccc(Cl)c1)C(=O)NC1(C(=O)O)CCCC1. The smallest absolute Gasteiger partial charge is 0.329 e. The lowest BCUT2D eigenvalue weighted by atomic mass is 9.94. The van der Waals surface area contributed by atoms with Gasteiger partial charge in [-0.05, 0) is 37.0 Å². The van der Waals surface area contributed by atoms with Crippen LogP contribution in [-0.4, -0.2) is 22.5 Å². The number of hydrogen-bond donors (Lipinski definition) is 2. The van der Waals surface area contributed by atoms with E-state index in [0.29, 0.717) is 24.3 Å². The summed E-state index contributed by atoms with van der Waals surface area (Å²) in [5, 5.41) is 12.8. The zero-order valence-corrected chi connectivity index (χ0v) is 12.8. The summed E-state index contributed by atoms with van der Waals surface area (Å²) in [5.41, 5.74) is -0.0967. The molecule has 114 valence electrons. The van der Waals surface area contributed by atoms with Gasteiger partial charge in [-0.25, -0.2) is 4.79 Å². The van der Waals surface area contributed by atoms with Gasteiger partial charge >= 0.3 is 5.97 Å². The topological polar surface area (TPSA) is 66.4 Å². The number of hydrogen-bond acceptors (Lipinski definition) is 2. The third-order valence-electron chi connectivity index (χ3n) is 4.11. The van der Waals surface area contributed by atoms with Crippen LogP contribution in [0.4, 0.5) is 0 Å². The summed E-state index contributed by atoms with van der Waals surface area (Å²) in [6.45, 7) is 1.81. The van der Waals surface area contributed by atoms with Crippen LogP contribution in [0, 0.1) is 5.92 Å². The molecule has 4 nitrogen and oxygen atoms in total. The number of carbonyl (C=O) groups is 2. The van der Waals surface area contributed by atoms with Crippen LogP contribution in [-0.2, 0) is 16.0 Å². The van der Waals surface area contributed by atoms with E-state index in [-0.39, 0.29) is 11.8 Å². The number of benzene rings is 1. The summed E-state index contributed by atoms with van der Waals surface area (Å²) in [7, 11) is 0. The summed E-state index contributed by atoms with van der Waals surface area (Å²) in [6, 6.07) is 7.37. The number of carboxylic acids is 1. The lowest BCUT2D eigenvalue weighted by molar-refractivity contribution is -0.148. The van der Waals surface area contributed by atoms with E-state index in [2.05, 4.69) is 5.32 Å². The molecule has 1 aliphatic carbocycles. The molecule has 0 spiro atoms. The van der Waals surface area contributed by atoms with Gasteiger partial charge in [0.15, 0.2) is 0 Å². The molecule has 1 aliphatic rings. The highest BCUT2D eigenvalue weighted by molar-refractivity contribution is 6.30. The van der Waals surface area contributed by atoms with Crippen LogP contribution in [0.15, 0.2) is 24.3 Å². The van der Waals surface area contributed by atoms with E-state index in [9.17, 15) is 14.7 Å². The van der Waals surface area contributed by atoms with Gasteiger partial charge in [0.2, 0.25) is 5.91 Å². The van der Waals surface area contributed by atoms with Crippen LogP contribution < -0.4 is 5.32 Å². The van der Waals surface area contributed by atoms with Crippen LogP contribution in [0.3, 0.4) is 0 Å². The average molecular weight is 310 g/mol. The van der Waals surface area contributed by atoms with E-state index in [0.717, 1.165) is 18.4 Å². The fraction of sp³-hybridized carbons (Fsp3) is 0.500. The van der Waals surface area contributed by atoms with Crippen LogP contribution in [0.25, 0.3) is 0 Å². The number of amides is 1. The largest absolute Gasteiger partial charge is 0.480 e. The lowest BCUT2D eigenvalue weighted by Crippen LogP contribution is -2.54. The van der Waals surface area contributed by atoms with Gasteiger partial charge in [-0.2, -0.15) is 0 Å². The second-order valence-electron chi connectivity index (χ2n) is 5.82. The Morgan fingerprint density at radius 3 is 2.62 bits per heavy atom. The Balaban J connectivity index is 2.01. The van der Waals surface area contributed by atoms with Crippen molar-refractivity contribution in [3.05, 3.63) is 34.9 Å². The normalized spacial score (nSPS) is 18.2. The first-order valence-electron chi connectivity index (χ1n) is 7.23. The molecule has 0 bridgehead atoms. The Bertz CT molecular complexity index is 538. The minimum atomic E-state index is -1.07. The lowest BCUT2D eigenvalue weighted by Gasteiger charge is -2.27. The van der Waals surface area contributed by atoms with Crippen molar-refractivity contribution in [2.45, 2.75) is 44.6 Å². The maximum absolute atomic E-state index is 12.3. The summed E-state index contributed by atoms with van der Waals surface area (Å²) in [4.78, 5) is 23.7.